The fraction of sp³-hybridized carbons (Fsp3) is 0.455. The van der Waals surface area contributed by atoms with Crippen molar-refractivity contribution in [1.82, 2.24) is 0 Å². The first-order chi connectivity index (χ1) is 18.4. The molecule has 4 rings (SSSR count). The van der Waals surface area contributed by atoms with E-state index < -0.39 is 18.2 Å². The van der Waals surface area contributed by atoms with Crippen LogP contribution in [0.3, 0.4) is 0 Å². The minimum atomic E-state index is -2.95. The van der Waals surface area contributed by atoms with Crippen LogP contribution in [0.15, 0.2) is 60.7 Å². The van der Waals surface area contributed by atoms with Gasteiger partial charge in [-0.1, -0.05) is 90.0 Å². The van der Waals surface area contributed by atoms with E-state index in [9.17, 15) is 17.6 Å². The zero-order chi connectivity index (χ0) is 26.9. The Morgan fingerprint density at radius 1 is 0.769 bits per heavy atom. The van der Waals surface area contributed by atoms with Crippen molar-refractivity contribution < 1.29 is 27.0 Å². The second-order valence-electron chi connectivity index (χ2n) is 10.3. The first-order valence-corrected chi connectivity index (χ1v) is 13.7. The Morgan fingerprint density at radius 3 is 2.00 bits per heavy atom. The number of hydrogen-bond acceptors (Lipinski definition) is 2. The molecule has 0 spiro atoms. The average molecular weight is 545 g/mol. The molecule has 1 aliphatic carbocycles. The quantitative estimate of drug-likeness (QED) is 0.167. The molecule has 0 aromatic heterocycles. The summed E-state index contributed by atoms with van der Waals surface area (Å²) in [5, 5.41) is 0. The highest BCUT2D eigenvalue weighted by Crippen LogP contribution is 2.38. The van der Waals surface area contributed by atoms with Gasteiger partial charge in [0.2, 0.25) is 5.82 Å². The lowest BCUT2D eigenvalue weighted by Crippen LogP contribution is -2.15. The minimum absolute atomic E-state index is 0. The molecule has 1 aliphatic rings. The van der Waals surface area contributed by atoms with Crippen LogP contribution in [0.5, 0.6) is 17.2 Å². The number of halogens is 4. The van der Waals surface area contributed by atoms with Crippen molar-refractivity contribution in [3.63, 3.8) is 0 Å². The lowest BCUT2D eigenvalue weighted by atomic mass is 9.78. The zero-order valence-electron chi connectivity index (χ0n) is 21.9. The molecule has 0 saturated heterocycles. The van der Waals surface area contributed by atoms with Gasteiger partial charge in [-0.2, -0.15) is 13.2 Å². The van der Waals surface area contributed by atoms with Crippen LogP contribution in [0.25, 0.3) is 11.1 Å². The number of hydrogen-bond donors (Lipinski definition) is 0. The Hall–Kier alpha value is -3.02. The fourth-order valence-electron chi connectivity index (χ4n) is 5.38. The second kappa shape index (κ2) is 14.9. The molecule has 0 aliphatic heterocycles. The van der Waals surface area contributed by atoms with E-state index in [1.165, 1.54) is 93.7 Å². The largest absolute Gasteiger partial charge is 0.454 e. The lowest BCUT2D eigenvalue weighted by Gasteiger charge is -2.28. The molecule has 2 nitrogen and oxygen atoms in total. The van der Waals surface area contributed by atoms with Crippen LogP contribution in [0.4, 0.5) is 17.6 Å². The molecular formula is C33H40F4O2. The van der Waals surface area contributed by atoms with Crippen LogP contribution in [0.1, 0.15) is 77.7 Å². The normalized spacial score (nSPS) is 17.1. The SMILES string of the molecule is C.CCCCCC1CCC(CCc2ccc(-c3ccc(F)c(F)c3Oc3ccc(OC(F)F)cc3)cc2)CC1. The summed E-state index contributed by atoms with van der Waals surface area (Å²) in [5.74, 6) is -0.579. The van der Waals surface area contributed by atoms with E-state index in [1.807, 2.05) is 24.3 Å². The molecule has 0 bridgehead atoms. The van der Waals surface area contributed by atoms with Gasteiger partial charge in [0.25, 0.3) is 0 Å². The molecule has 3 aromatic rings. The minimum Gasteiger partial charge on any atom is -0.454 e. The molecule has 3 aromatic carbocycles. The molecule has 1 saturated carbocycles. The van der Waals surface area contributed by atoms with Crippen molar-refractivity contribution in [3.8, 4) is 28.4 Å². The molecule has 0 heterocycles. The monoisotopic (exact) mass is 544 g/mol. The van der Waals surface area contributed by atoms with Gasteiger partial charge in [0.1, 0.15) is 11.5 Å². The van der Waals surface area contributed by atoms with Gasteiger partial charge < -0.3 is 9.47 Å². The van der Waals surface area contributed by atoms with Crippen LogP contribution < -0.4 is 9.47 Å². The van der Waals surface area contributed by atoms with Gasteiger partial charge in [-0.25, -0.2) is 4.39 Å². The van der Waals surface area contributed by atoms with E-state index in [4.69, 9.17) is 4.74 Å². The lowest BCUT2D eigenvalue weighted by molar-refractivity contribution is -0.0498. The number of alkyl halides is 2. The van der Waals surface area contributed by atoms with Gasteiger partial charge in [-0.15, -0.1) is 0 Å². The Balaban J connectivity index is 0.00000420. The standard InChI is InChI=1S/C32H36F4O2.CH4/c1-2-3-4-5-22-6-8-23(9-7-22)10-11-24-12-14-25(15-13-24)28-20-21-29(33)30(34)31(28)37-26-16-18-27(19-17-26)38-32(35)36;/h12-23,32H,2-11H2,1H3;1H4. The third-order valence-electron chi connectivity index (χ3n) is 7.61. The summed E-state index contributed by atoms with van der Waals surface area (Å²) in [6.07, 6.45) is 12.9. The predicted molar refractivity (Wildman–Crippen MR) is 150 cm³/mol. The maximum absolute atomic E-state index is 14.8. The maximum Gasteiger partial charge on any atom is 0.387 e. The summed E-state index contributed by atoms with van der Waals surface area (Å²) in [6.45, 7) is -0.695. The molecule has 1 fully saturated rings. The molecule has 6 heteroatoms. The van der Waals surface area contributed by atoms with Crippen LogP contribution in [-0.4, -0.2) is 6.61 Å². The van der Waals surface area contributed by atoms with Crippen LogP contribution in [-0.2, 0) is 6.42 Å². The Labute approximate surface area is 230 Å². The van der Waals surface area contributed by atoms with Crippen LogP contribution in [0, 0.1) is 23.5 Å². The van der Waals surface area contributed by atoms with Gasteiger partial charge >= 0.3 is 6.61 Å². The van der Waals surface area contributed by atoms with Gasteiger partial charge in [-0.3, -0.25) is 0 Å². The van der Waals surface area contributed by atoms with Gasteiger partial charge in [0.15, 0.2) is 11.6 Å². The van der Waals surface area contributed by atoms with Crippen molar-refractivity contribution in [1.29, 1.82) is 0 Å². The van der Waals surface area contributed by atoms with Gasteiger partial charge in [0.05, 0.1) is 0 Å². The van der Waals surface area contributed by atoms with E-state index >= 15 is 0 Å². The highest BCUT2D eigenvalue weighted by Gasteiger charge is 2.21. The van der Waals surface area contributed by atoms with Crippen molar-refractivity contribution in [2.45, 2.75) is 85.2 Å². The molecule has 0 unspecified atom stereocenters. The summed E-state index contributed by atoms with van der Waals surface area (Å²) in [5.41, 5.74) is 2.33. The van der Waals surface area contributed by atoms with Crippen LogP contribution in [0.2, 0.25) is 0 Å². The average Bonchev–Trinajstić information content (AvgIpc) is 2.92. The summed E-state index contributed by atoms with van der Waals surface area (Å²) in [4.78, 5) is 0. The molecule has 39 heavy (non-hydrogen) atoms. The molecular weight excluding hydrogens is 504 g/mol. The maximum atomic E-state index is 14.8. The molecule has 0 N–H and O–H groups in total. The topological polar surface area (TPSA) is 18.5 Å². The molecule has 0 amide bonds. The zero-order valence-corrected chi connectivity index (χ0v) is 21.9. The van der Waals surface area contributed by atoms with Gasteiger partial charge in [-0.05, 0) is 72.2 Å². The van der Waals surface area contributed by atoms with E-state index in [0.717, 1.165) is 24.3 Å². The van der Waals surface area contributed by atoms with E-state index in [2.05, 4.69) is 11.7 Å². The van der Waals surface area contributed by atoms with E-state index in [-0.39, 0.29) is 24.7 Å². The van der Waals surface area contributed by atoms with Crippen molar-refractivity contribution in [2.75, 3.05) is 0 Å². The number of rotatable bonds is 12. The highest BCUT2D eigenvalue weighted by atomic mass is 19.3. The fourth-order valence-corrected chi connectivity index (χ4v) is 5.38. The predicted octanol–water partition coefficient (Wildman–Crippen LogP) is 11.0. The van der Waals surface area contributed by atoms with Crippen molar-refractivity contribution in [3.05, 3.63) is 77.9 Å². The number of aryl methyl sites for hydroxylation is 1. The summed E-state index contributed by atoms with van der Waals surface area (Å²) < 4.78 is 63.6. The second-order valence-corrected chi connectivity index (χ2v) is 10.3. The van der Waals surface area contributed by atoms with Crippen LogP contribution >= 0.6 is 0 Å². The van der Waals surface area contributed by atoms with E-state index in [0.29, 0.717) is 11.1 Å². The molecule has 0 atom stereocenters. The Kier molecular flexibility index (Phi) is 11.7. The summed E-state index contributed by atoms with van der Waals surface area (Å²) >= 11 is 0. The third-order valence-corrected chi connectivity index (χ3v) is 7.61. The number of benzene rings is 3. The summed E-state index contributed by atoms with van der Waals surface area (Å²) in [6, 6.07) is 15.7. The van der Waals surface area contributed by atoms with Gasteiger partial charge in [0, 0.05) is 5.56 Å². The first-order valence-electron chi connectivity index (χ1n) is 13.7. The molecule has 212 valence electrons. The first kappa shape index (κ1) is 30.5. The number of unbranched alkanes of at least 4 members (excludes halogenated alkanes) is 2. The number of ether oxygens (including phenoxy) is 2. The Morgan fingerprint density at radius 2 is 1.38 bits per heavy atom. The van der Waals surface area contributed by atoms with E-state index in [1.54, 1.807) is 0 Å². The van der Waals surface area contributed by atoms with Crippen molar-refractivity contribution in [2.24, 2.45) is 11.8 Å². The third kappa shape index (κ3) is 8.74. The summed E-state index contributed by atoms with van der Waals surface area (Å²) in [7, 11) is 0. The smallest absolute Gasteiger partial charge is 0.387 e. The van der Waals surface area contributed by atoms with Crippen molar-refractivity contribution >= 4 is 0 Å². The Bertz CT molecular complexity index is 1140. The highest BCUT2D eigenvalue weighted by molar-refractivity contribution is 5.71. The molecule has 0 radical (unpaired) electrons.